The summed E-state index contributed by atoms with van der Waals surface area (Å²) < 4.78 is 6.38. The maximum Gasteiger partial charge on any atom is 0.140 e. The SMILES string of the molecule is NC[C@H]1CCN([C@@H]2Cc3ccccc3[C@H]2Oc2ccc(N=O)cc2)C1.O. The normalized spacial score (nSPS) is 24.7. The van der Waals surface area contributed by atoms with Gasteiger partial charge in [-0.2, -0.15) is 0 Å². The van der Waals surface area contributed by atoms with Crippen molar-refractivity contribution in [3.05, 3.63) is 64.6 Å². The van der Waals surface area contributed by atoms with E-state index in [1.807, 2.05) is 12.1 Å². The van der Waals surface area contributed by atoms with Crippen LogP contribution in [0.1, 0.15) is 23.7 Å². The van der Waals surface area contributed by atoms with E-state index < -0.39 is 0 Å². The van der Waals surface area contributed by atoms with Crippen molar-refractivity contribution in [2.75, 3.05) is 19.6 Å². The van der Waals surface area contributed by atoms with Crippen LogP contribution >= 0.6 is 0 Å². The Balaban J connectivity index is 0.00000196. The van der Waals surface area contributed by atoms with Gasteiger partial charge in [-0.15, -0.1) is 4.91 Å². The zero-order valence-electron chi connectivity index (χ0n) is 14.7. The number of hydrogen-bond donors (Lipinski definition) is 1. The fourth-order valence-electron chi connectivity index (χ4n) is 4.09. The molecule has 138 valence electrons. The van der Waals surface area contributed by atoms with Crippen LogP contribution in [0.25, 0.3) is 0 Å². The van der Waals surface area contributed by atoms with E-state index in [0.717, 1.165) is 38.2 Å². The van der Waals surface area contributed by atoms with Gasteiger partial charge in [-0.05, 0) is 72.4 Å². The van der Waals surface area contributed by atoms with E-state index in [0.29, 0.717) is 17.6 Å². The molecule has 3 atom stereocenters. The summed E-state index contributed by atoms with van der Waals surface area (Å²) in [6.45, 7) is 2.87. The molecule has 0 spiro atoms. The van der Waals surface area contributed by atoms with Crippen molar-refractivity contribution in [1.82, 2.24) is 4.90 Å². The zero-order valence-corrected chi connectivity index (χ0v) is 14.7. The third kappa shape index (κ3) is 3.49. The van der Waals surface area contributed by atoms with Gasteiger partial charge in [0.05, 0.1) is 6.04 Å². The Morgan fingerprint density at radius 1 is 1.15 bits per heavy atom. The van der Waals surface area contributed by atoms with E-state index in [-0.39, 0.29) is 11.6 Å². The van der Waals surface area contributed by atoms with Crippen LogP contribution in [0.4, 0.5) is 5.69 Å². The molecule has 2 aromatic carbocycles. The fourth-order valence-corrected chi connectivity index (χ4v) is 4.09. The molecule has 0 bridgehead atoms. The molecule has 4 N–H and O–H groups in total. The van der Waals surface area contributed by atoms with E-state index in [1.165, 1.54) is 11.1 Å². The smallest absolute Gasteiger partial charge is 0.140 e. The topological polar surface area (TPSA) is 99.4 Å². The second-order valence-corrected chi connectivity index (χ2v) is 6.98. The van der Waals surface area contributed by atoms with Crippen LogP contribution in [0.2, 0.25) is 0 Å². The van der Waals surface area contributed by atoms with Crippen LogP contribution in [-0.4, -0.2) is 36.1 Å². The monoisotopic (exact) mass is 355 g/mol. The second kappa shape index (κ2) is 7.95. The predicted octanol–water partition coefficient (Wildman–Crippen LogP) is 2.59. The van der Waals surface area contributed by atoms with Gasteiger partial charge in [-0.3, -0.25) is 4.90 Å². The first-order chi connectivity index (χ1) is 12.3. The summed E-state index contributed by atoms with van der Waals surface area (Å²) in [5.74, 6) is 1.36. The van der Waals surface area contributed by atoms with Gasteiger partial charge in [0, 0.05) is 6.54 Å². The molecule has 1 fully saturated rings. The number of rotatable bonds is 5. The Hall–Kier alpha value is -2.28. The molecular weight excluding hydrogens is 330 g/mol. The molecule has 4 rings (SSSR count). The van der Waals surface area contributed by atoms with Crippen molar-refractivity contribution in [1.29, 1.82) is 0 Å². The first-order valence-electron chi connectivity index (χ1n) is 8.90. The highest BCUT2D eigenvalue weighted by atomic mass is 16.5. The molecular formula is C20H25N3O3. The average Bonchev–Trinajstić information content (AvgIpc) is 3.27. The van der Waals surface area contributed by atoms with Crippen LogP contribution in [0.3, 0.4) is 0 Å². The van der Waals surface area contributed by atoms with Crippen LogP contribution in [-0.2, 0) is 6.42 Å². The summed E-state index contributed by atoms with van der Waals surface area (Å²) in [7, 11) is 0. The molecule has 0 saturated carbocycles. The van der Waals surface area contributed by atoms with E-state index in [1.54, 1.807) is 12.1 Å². The Morgan fingerprint density at radius 2 is 1.92 bits per heavy atom. The molecule has 0 unspecified atom stereocenters. The number of nitrogens with two attached hydrogens (primary N) is 1. The Labute approximate surface area is 153 Å². The predicted molar refractivity (Wildman–Crippen MR) is 102 cm³/mol. The lowest BCUT2D eigenvalue weighted by Crippen LogP contribution is -2.39. The van der Waals surface area contributed by atoms with Gasteiger partial charge in [0.25, 0.3) is 0 Å². The number of ether oxygens (including phenoxy) is 1. The van der Waals surface area contributed by atoms with E-state index >= 15 is 0 Å². The highest BCUT2D eigenvalue weighted by Gasteiger charge is 2.40. The molecule has 6 heteroatoms. The summed E-state index contributed by atoms with van der Waals surface area (Å²) in [6, 6.07) is 15.9. The lowest BCUT2D eigenvalue weighted by molar-refractivity contribution is 0.0917. The lowest BCUT2D eigenvalue weighted by atomic mass is 10.1. The van der Waals surface area contributed by atoms with Gasteiger partial charge in [0.1, 0.15) is 17.5 Å². The van der Waals surface area contributed by atoms with Crippen LogP contribution in [0, 0.1) is 10.8 Å². The van der Waals surface area contributed by atoms with Gasteiger partial charge in [0.2, 0.25) is 0 Å². The molecule has 1 heterocycles. The van der Waals surface area contributed by atoms with Gasteiger partial charge < -0.3 is 15.9 Å². The number of nitroso groups, excluding NO2 is 1. The Morgan fingerprint density at radius 3 is 2.62 bits per heavy atom. The lowest BCUT2D eigenvalue weighted by Gasteiger charge is -2.30. The third-order valence-electron chi connectivity index (χ3n) is 5.46. The van der Waals surface area contributed by atoms with Crippen LogP contribution in [0.15, 0.2) is 53.7 Å². The van der Waals surface area contributed by atoms with Gasteiger partial charge in [-0.1, -0.05) is 24.3 Å². The molecule has 0 radical (unpaired) electrons. The van der Waals surface area contributed by atoms with Crippen molar-refractivity contribution in [3.8, 4) is 5.75 Å². The minimum Gasteiger partial charge on any atom is -0.484 e. The summed E-state index contributed by atoms with van der Waals surface area (Å²) in [4.78, 5) is 13.1. The van der Waals surface area contributed by atoms with Gasteiger partial charge >= 0.3 is 0 Å². The minimum atomic E-state index is 0. The maximum absolute atomic E-state index is 10.6. The molecule has 0 amide bonds. The molecule has 2 aliphatic rings. The van der Waals surface area contributed by atoms with Crippen molar-refractivity contribution in [2.45, 2.75) is 25.0 Å². The summed E-state index contributed by atoms with van der Waals surface area (Å²) in [6.07, 6.45) is 2.17. The van der Waals surface area contributed by atoms with E-state index in [9.17, 15) is 4.91 Å². The van der Waals surface area contributed by atoms with E-state index in [4.69, 9.17) is 10.5 Å². The van der Waals surface area contributed by atoms with E-state index in [2.05, 4.69) is 34.3 Å². The molecule has 1 aliphatic carbocycles. The second-order valence-electron chi connectivity index (χ2n) is 6.98. The number of fused-ring (bicyclic) bond motifs is 1. The molecule has 1 aliphatic heterocycles. The summed E-state index contributed by atoms with van der Waals surface area (Å²) in [5.41, 5.74) is 8.92. The van der Waals surface area contributed by atoms with Gasteiger partial charge in [0.15, 0.2) is 0 Å². The average molecular weight is 355 g/mol. The first-order valence-corrected chi connectivity index (χ1v) is 8.90. The zero-order chi connectivity index (χ0) is 17.2. The Bertz CT molecular complexity index is 750. The van der Waals surface area contributed by atoms with Crippen molar-refractivity contribution < 1.29 is 10.2 Å². The molecule has 26 heavy (non-hydrogen) atoms. The molecule has 6 nitrogen and oxygen atoms in total. The number of likely N-dealkylation sites (tertiary alicyclic amines) is 1. The van der Waals surface area contributed by atoms with Crippen molar-refractivity contribution >= 4 is 5.69 Å². The highest BCUT2D eigenvalue weighted by Crippen LogP contribution is 2.39. The molecule has 1 saturated heterocycles. The van der Waals surface area contributed by atoms with Crippen LogP contribution in [0.5, 0.6) is 5.75 Å². The van der Waals surface area contributed by atoms with Crippen LogP contribution < -0.4 is 10.5 Å². The Kier molecular flexibility index (Phi) is 5.66. The fraction of sp³-hybridized carbons (Fsp3) is 0.400. The summed E-state index contributed by atoms with van der Waals surface area (Å²) in [5, 5.41) is 2.95. The first kappa shape index (κ1) is 18.5. The number of hydrogen-bond acceptors (Lipinski definition) is 5. The molecule has 0 aromatic heterocycles. The highest BCUT2D eigenvalue weighted by molar-refractivity contribution is 5.42. The van der Waals surface area contributed by atoms with Crippen molar-refractivity contribution in [3.63, 3.8) is 0 Å². The summed E-state index contributed by atoms with van der Waals surface area (Å²) >= 11 is 0. The van der Waals surface area contributed by atoms with Gasteiger partial charge in [-0.25, -0.2) is 0 Å². The quantitative estimate of drug-likeness (QED) is 0.833. The largest absolute Gasteiger partial charge is 0.484 e. The standard InChI is InChI=1S/C20H23N3O2.H2O/c21-12-14-9-10-23(13-14)19-11-15-3-1-2-4-18(15)20(19)25-17-7-5-16(22-24)6-8-17;/h1-8,14,19-20H,9-13,21H2;1H2/t14-,19-,20-;/m1./s1. The molecule has 2 aromatic rings. The number of nitrogens with zero attached hydrogens (tertiary/aromatic N) is 2. The minimum absolute atomic E-state index is 0. The van der Waals surface area contributed by atoms with Crippen molar-refractivity contribution in [2.24, 2.45) is 16.8 Å². The maximum atomic E-state index is 10.6. The number of benzene rings is 2. The third-order valence-corrected chi connectivity index (χ3v) is 5.46.